The Bertz CT molecular complexity index is 1030. The molecule has 1 unspecified atom stereocenters. The number of halogens is 1. The highest BCUT2D eigenvalue weighted by Gasteiger charge is 2.27. The lowest BCUT2D eigenvalue weighted by Crippen LogP contribution is -2.40. The van der Waals surface area contributed by atoms with E-state index in [1.807, 2.05) is 31.2 Å². The van der Waals surface area contributed by atoms with E-state index in [-0.39, 0.29) is 17.9 Å². The Kier molecular flexibility index (Phi) is 6.68. The molecule has 0 bridgehead atoms. The zero-order valence-corrected chi connectivity index (χ0v) is 18.6. The molecule has 1 N–H and O–H groups in total. The van der Waals surface area contributed by atoms with E-state index in [1.54, 1.807) is 0 Å². The van der Waals surface area contributed by atoms with Gasteiger partial charge in [0.15, 0.2) is 0 Å². The third-order valence-electron chi connectivity index (χ3n) is 5.80. The number of piperidine rings is 1. The van der Waals surface area contributed by atoms with Crippen molar-refractivity contribution < 1.29 is 9.32 Å². The molecule has 6 nitrogen and oxygen atoms in total. The van der Waals surface area contributed by atoms with E-state index in [4.69, 9.17) is 16.1 Å². The second kappa shape index (κ2) is 9.62. The summed E-state index contributed by atoms with van der Waals surface area (Å²) in [6, 6.07) is 15.7. The van der Waals surface area contributed by atoms with Gasteiger partial charge in [0.05, 0.1) is 12.6 Å². The Morgan fingerprint density at radius 3 is 2.68 bits per heavy atom. The van der Waals surface area contributed by atoms with Crippen LogP contribution >= 0.6 is 11.6 Å². The van der Waals surface area contributed by atoms with Crippen molar-refractivity contribution in [2.45, 2.75) is 39.3 Å². The average molecular weight is 439 g/mol. The summed E-state index contributed by atoms with van der Waals surface area (Å²) in [4.78, 5) is 19.5. The molecular weight excluding hydrogens is 412 g/mol. The number of amides is 1. The number of rotatable bonds is 6. The Balaban J connectivity index is 1.27. The number of likely N-dealkylation sites (tertiary alicyclic amines) is 1. The number of carbonyl (C=O) groups excluding carboxylic acids is 1. The van der Waals surface area contributed by atoms with E-state index in [2.05, 4.69) is 51.5 Å². The quantitative estimate of drug-likeness (QED) is 0.599. The van der Waals surface area contributed by atoms with Gasteiger partial charge in [-0.2, -0.15) is 4.98 Å². The van der Waals surface area contributed by atoms with E-state index < -0.39 is 0 Å². The van der Waals surface area contributed by atoms with Gasteiger partial charge in [0, 0.05) is 16.5 Å². The molecule has 1 aliphatic heterocycles. The van der Waals surface area contributed by atoms with E-state index in [9.17, 15) is 4.79 Å². The molecule has 31 heavy (non-hydrogen) atoms. The van der Waals surface area contributed by atoms with Gasteiger partial charge in [-0.05, 0) is 57.5 Å². The normalized spacial score (nSPS) is 16.2. The van der Waals surface area contributed by atoms with Crippen molar-refractivity contribution in [3.63, 3.8) is 0 Å². The lowest BCUT2D eigenvalue weighted by atomic mass is 9.95. The summed E-state index contributed by atoms with van der Waals surface area (Å²) in [6.07, 6.45) is 1.64. The topological polar surface area (TPSA) is 71.3 Å². The molecule has 4 rings (SSSR count). The number of aryl methyl sites for hydroxylation is 1. The summed E-state index contributed by atoms with van der Waals surface area (Å²) < 4.78 is 5.42. The Morgan fingerprint density at radius 1 is 1.23 bits per heavy atom. The maximum Gasteiger partial charge on any atom is 0.241 e. The van der Waals surface area contributed by atoms with E-state index in [1.165, 1.54) is 5.56 Å². The Morgan fingerprint density at radius 2 is 1.97 bits per heavy atom. The zero-order chi connectivity index (χ0) is 21.8. The van der Waals surface area contributed by atoms with E-state index in [0.29, 0.717) is 23.3 Å². The molecule has 1 atom stereocenters. The first kappa shape index (κ1) is 21.5. The lowest BCUT2D eigenvalue weighted by molar-refractivity contribution is -0.127. The van der Waals surface area contributed by atoms with Crippen molar-refractivity contribution in [3.8, 4) is 11.4 Å². The van der Waals surface area contributed by atoms with Crippen LogP contribution < -0.4 is 5.32 Å². The molecule has 0 spiro atoms. The first-order chi connectivity index (χ1) is 15.0. The molecule has 1 saturated heterocycles. The van der Waals surface area contributed by atoms with Crippen LogP contribution in [0.5, 0.6) is 0 Å². The smallest absolute Gasteiger partial charge is 0.241 e. The van der Waals surface area contributed by atoms with Gasteiger partial charge >= 0.3 is 0 Å². The van der Waals surface area contributed by atoms with E-state index in [0.717, 1.165) is 37.1 Å². The maximum atomic E-state index is 12.7. The summed E-state index contributed by atoms with van der Waals surface area (Å²) in [5.74, 6) is 1.28. The van der Waals surface area contributed by atoms with Gasteiger partial charge in [0.1, 0.15) is 0 Å². The van der Waals surface area contributed by atoms with Crippen molar-refractivity contribution in [2.75, 3.05) is 13.1 Å². The van der Waals surface area contributed by atoms with Crippen LogP contribution in [0.1, 0.15) is 42.8 Å². The van der Waals surface area contributed by atoms with Gasteiger partial charge in [-0.25, -0.2) is 0 Å². The predicted molar refractivity (Wildman–Crippen MR) is 120 cm³/mol. The van der Waals surface area contributed by atoms with Crippen molar-refractivity contribution >= 4 is 17.5 Å². The highest BCUT2D eigenvalue weighted by atomic mass is 35.5. The third-order valence-corrected chi connectivity index (χ3v) is 6.04. The van der Waals surface area contributed by atoms with Crippen molar-refractivity contribution in [1.82, 2.24) is 20.4 Å². The summed E-state index contributed by atoms with van der Waals surface area (Å²) in [6.45, 7) is 6.33. The lowest BCUT2D eigenvalue weighted by Gasteiger charge is -2.30. The molecule has 0 radical (unpaired) electrons. The fraction of sp³-hybridized carbons (Fsp3) is 0.375. The second-order valence-corrected chi connectivity index (χ2v) is 8.65. The first-order valence-electron chi connectivity index (χ1n) is 10.7. The molecule has 1 fully saturated rings. The molecule has 1 aliphatic rings. The van der Waals surface area contributed by atoms with Gasteiger partial charge in [0.25, 0.3) is 0 Å². The summed E-state index contributed by atoms with van der Waals surface area (Å²) in [5, 5.41) is 7.87. The molecular formula is C24H27ClN4O2. The SMILES string of the molecule is Cc1ccc(C(C)NC(=O)C2CCN(Cc3nc(-c4cccc(Cl)c4)no3)CC2)cc1. The van der Waals surface area contributed by atoms with Crippen LogP contribution in [0.2, 0.25) is 5.02 Å². The minimum absolute atomic E-state index is 0.00873. The molecule has 0 saturated carbocycles. The fourth-order valence-corrected chi connectivity index (χ4v) is 4.07. The molecule has 7 heteroatoms. The second-order valence-electron chi connectivity index (χ2n) is 8.21. The van der Waals surface area contributed by atoms with Gasteiger partial charge in [-0.1, -0.05) is 58.7 Å². The van der Waals surface area contributed by atoms with Crippen LogP contribution in [0.4, 0.5) is 0 Å². The van der Waals surface area contributed by atoms with Crippen LogP contribution in [0, 0.1) is 12.8 Å². The standard InChI is InChI=1S/C24H27ClN4O2/c1-16-6-8-18(9-7-16)17(2)26-24(30)19-10-12-29(13-11-19)15-22-27-23(28-31-22)20-4-3-5-21(25)14-20/h3-9,14,17,19H,10-13,15H2,1-2H3,(H,26,30). The van der Waals surface area contributed by atoms with Crippen LogP contribution in [0.3, 0.4) is 0 Å². The molecule has 3 aromatic rings. The highest BCUT2D eigenvalue weighted by molar-refractivity contribution is 6.30. The van der Waals surface area contributed by atoms with Crippen molar-refractivity contribution in [2.24, 2.45) is 5.92 Å². The van der Waals surface area contributed by atoms with Crippen LogP contribution in [0.25, 0.3) is 11.4 Å². The monoisotopic (exact) mass is 438 g/mol. The molecule has 2 heterocycles. The number of aromatic nitrogens is 2. The van der Waals surface area contributed by atoms with Gasteiger partial charge in [-0.3, -0.25) is 9.69 Å². The van der Waals surface area contributed by atoms with Crippen molar-refractivity contribution in [1.29, 1.82) is 0 Å². The fourth-order valence-electron chi connectivity index (χ4n) is 3.88. The Labute approximate surface area is 187 Å². The zero-order valence-electron chi connectivity index (χ0n) is 17.8. The number of benzene rings is 2. The van der Waals surface area contributed by atoms with Crippen LogP contribution in [-0.4, -0.2) is 34.0 Å². The molecule has 1 aromatic heterocycles. The third kappa shape index (κ3) is 5.51. The molecule has 0 aliphatic carbocycles. The van der Waals surface area contributed by atoms with Gasteiger partial charge in [-0.15, -0.1) is 0 Å². The number of hydrogen-bond acceptors (Lipinski definition) is 5. The van der Waals surface area contributed by atoms with E-state index >= 15 is 0 Å². The summed E-state index contributed by atoms with van der Waals surface area (Å²) >= 11 is 6.04. The number of nitrogens with zero attached hydrogens (tertiary/aromatic N) is 3. The Hall–Kier alpha value is -2.70. The average Bonchev–Trinajstić information content (AvgIpc) is 3.23. The van der Waals surface area contributed by atoms with Crippen LogP contribution in [-0.2, 0) is 11.3 Å². The first-order valence-corrected chi connectivity index (χ1v) is 11.0. The molecule has 2 aromatic carbocycles. The van der Waals surface area contributed by atoms with Crippen LogP contribution in [0.15, 0.2) is 53.1 Å². The number of hydrogen-bond donors (Lipinski definition) is 1. The minimum atomic E-state index is 0.00873. The maximum absolute atomic E-state index is 12.7. The predicted octanol–water partition coefficient (Wildman–Crippen LogP) is 4.79. The highest BCUT2D eigenvalue weighted by Crippen LogP contribution is 2.23. The van der Waals surface area contributed by atoms with Gasteiger partial charge < -0.3 is 9.84 Å². The number of nitrogens with one attached hydrogen (secondary N) is 1. The largest absolute Gasteiger partial charge is 0.349 e. The number of carbonyl (C=O) groups is 1. The molecule has 162 valence electrons. The summed E-state index contributed by atoms with van der Waals surface area (Å²) in [7, 11) is 0. The minimum Gasteiger partial charge on any atom is -0.349 e. The van der Waals surface area contributed by atoms with Crippen molar-refractivity contribution in [3.05, 3.63) is 70.6 Å². The van der Waals surface area contributed by atoms with Gasteiger partial charge in [0.2, 0.25) is 17.6 Å². The molecule has 1 amide bonds. The summed E-state index contributed by atoms with van der Waals surface area (Å²) in [5.41, 5.74) is 3.18.